The maximum Gasteiger partial charge on any atom is 0.229 e. The molecule has 1 aromatic carbocycles. The number of amides is 1. The van der Waals surface area contributed by atoms with Crippen molar-refractivity contribution in [2.75, 3.05) is 0 Å². The van der Waals surface area contributed by atoms with Crippen LogP contribution in [-0.2, 0) is 11.3 Å². The van der Waals surface area contributed by atoms with Gasteiger partial charge in [0.1, 0.15) is 5.82 Å². The molecule has 0 unspecified atom stereocenters. The zero-order chi connectivity index (χ0) is 11.3. The number of primary amides is 1. The zero-order valence-corrected chi connectivity index (χ0v) is 8.09. The normalized spacial score (nSPS) is 9.20. The van der Waals surface area contributed by atoms with Crippen LogP contribution >= 0.6 is 0 Å². The lowest BCUT2D eigenvalue weighted by atomic mass is 10.1. The average Bonchev–Trinajstić information content (AvgIpc) is 2.17. The van der Waals surface area contributed by atoms with Crippen molar-refractivity contribution >= 4 is 5.91 Å². The van der Waals surface area contributed by atoms with Crippen LogP contribution in [0.2, 0.25) is 0 Å². The molecule has 4 heteroatoms. The molecule has 15 heavy (non-hydrogen) atoms. The number of hydrogen-bond acceptors (Lipinski definition) is 2. The van der Waals surface area contributed by atoms with Crippen molar-refractivity contribution in [1.29, 1.82) is 0 Å². The van der Waals surface area contributed by atoms with E-state index in [1.807, 2.05) is 0 Å². The average molecular weight is 206 g/mol. The Morgan fingerprint density at radius 3 is 2.80 bits per heavy atom. The molecule has 78 valence electrons. The van der Waals surface area contributed by atoms with E-state index < -0.39 is 5.91 Å². The van der Waals surface area contributed by atoms with Crippen LogP contribution in [0.15, 0.2) is 18.2 Å². The molecule has 0 bridgehead atoms. The van der Waals surface area contributed by atoms with E-state index in [0.717, 1.165) is 5.56 Å². The summed E-state index contributed by atoms with van der Waals surface area (Å²) in [7, 11) is 0. The maximum atomic E-state index is 12.9. The van der Waals surface area contributed by atoms with E-state index in [1.165, 1.54) is 12.1 Å². The minimum absolute atomic E-state index is 0.0411. The van der Waals surface area contributed by atoms with Crippen molar-refractivity contribution in [3.8, 4) is 11.8 Å². The molecule has 0 heterocycles. The van der Waals surface area contributed by atoms with Gasteiger partial charge in [0.2, 0.25) is 5.91 Å². The van der Waals surface area contributed by atoms with Crippen LogP contribution in [0.5, 0.6) is 0 Å². The lowest BCUT2D eigenvalue weighted by Crippen LogP contribution is -2.08. The van der Waals surface area contributed by atoms with Crippen LogP contribution in [0, 0.1) is 17.7 Å². The van der Waals surface area contributed by atoms with Crippen molar-refractivity contribution in [3.63, 3.8) is 0 Å². The van der Waals surface area contributed by atoms with Gasteiger partial charge in [0.05, 0.1) is 6.42 Å². The van der Waals surface area contributed by atoms with E-state index in [0.29, 0.717) is 5.56 Å². The SMILES string of the molecule is NCc1ccc(F)cc1C#CCC(N)=O. The van der Waals surface area contributed by atoms with Gasteiger partial charge in [-0.15, -0.1) is 0 Å². The quantitative estimate of drug-likeness (QED) is 0.692. The fourth-order valence-electron chi connectivity index (χ4n) is 1.07. The third kappa shape index (κ3) is 3.41. The molecular formula is C11H11FN2O. The summed E-state index contributed by atoms with van der Waals surface area (Å²) in [4.78, 5) is 10.4. The number of benzene rings is 1. The molecule has 0 atom stereocenters. The summed E-state index contributed by atoms with van der Waals surface area (Å²) in [5.74, 6) is 4.34. The molecule has 3 nitrogen and oxygen atoms in total. The van der Waals surface area contributed by atoms with E-state index in [4.69, 9.17) is 11.5 Å². The molecule has 0 spiro atoms. The highest BCUT2D eigenvalue weighted by molar-refractivity contribution is 5.76. The van der Waals surface area contributed by atoms with Gasteiger partial charge in [0, 0.05) is 12.1 Å². The van der Waals surface area contributed by atoms with E-state index >= 15 is 0 Å². The van der Waals surface area contributed by atoms with Crippen molar-refractivity contribution in [2.24, 2.45) is 11.5 Å². The molecule has 1 rings (SSSR count). The van der Waals surface area contributed by atoms with Crippen molar-refractivity contribution in [2.45, 2.75) is 13.0 Å². The molecule has 0 aliphatic carbocycles. The first-order valence-electron chi connectivity index (χ1n) is 4.39. The highest BCUT2D eigenvalue weighted by Crippen LogP contribution is 2.09. The Kier molecular flexibility index (Phi) is 3.83. The minimum atomic E-state index is -0.506. The summed E-state index contributed by atoms with van der Waals surface area (Å²) in [6.45, 7) is 0.279. The van der Waals surface area contributed by atoms with Gasteiger partial charge in [-0.2, -0.15) is 0 Å². The fourth-order valence-corrected chi connectivity index (χ4v) is 1.07. The molecule has 0 fully saturated rings. The smallest absolute Gasteiger partial charge is 0.229 e. The second-order valence-corrected chi connectivity index (χ2v) is 2.95. The zero-order valence-electron chi connectivity index (χ0n) is 8.09. The summed E-state index contributed by atoms with van der Waals surface area (Å²) in [6, 6.07) is 4.18. The highest BCUT2D eigenvalue weighted by atomic mass is 19.1. The van der Waals surface area contributed by atoms with E-state index in [2.05, 4.69) is 11.8 Å². The third-order valence-corrected chi connectivity index (χ3v) is 1.78. The number of carbonyl (C=O) groups excluding carboxylic acids is 1. The second kappa shape index (κ2) is 5.13. The largest absolute Gasteiger partial charge is 0.369 e. The molecule has 0 saturated heterocycles. The Labute approximate surface area is 87.3 Å². The molecule has 0 aromatic heterocycles. The number of carbonyl (C=O) groups is 1. The Hall–Kier alpha value is -1.86. The van der Waals surface area contributed by atoms with Crippen molar-refractivity contribution < 1.29 is 9.18 Å². The molecule has 0 aliphatic rings. The fraction of sp³-hybridized carbons (Fsp3) is 0.182. The molecule has 4 N–H and O–H groups in total. The summed E-state index contributed by atoms with van der Waals surface area (Å²) in [6.07, 6.45) is -0.0411. The second-order valence-electron chi connectivity index (χ2n) is 2.95. The van der Waals surface area contributed by atoms with Crippen LogP contribution < -0.4 is 11.5 Å². The van der Waals surface area contributed by atoms with Crippen LogP contribution in [0.3, 0.4) is 0 Å². The molecule has 0 aliphatic heterocycles. The molecular weight excluding hydrogens is 195 g/mol. The predicted octanol–water partition coefficient (Wildman–Crippen LogP) is 0.511. The number of halogens is 1. The summed E-state index contributed by atoms with van der Waals surface area (Å²) in [5.41, 5.74) is 11.6. The van der Waals surface area contributed by atoms with Crippen LogP contribution in [0.4, 0.5) is 4.39 Å². The maximum absolute atomic E-state index is 12.9. The van der Waals surface area contributed by atoms with Gasteiger partial charge >= 0.3 is 0 Å². The number of rotatable bonds is 2. The topological polar surface area (TPSA) is 69.1 Å². The van der Waals surface area contributed by atoms with Crippen LogP contribution in [-0.4, -0.2) is 5.91 Å². The van der Waals surface area contributed by atoms with Gasteiger partial charge in [-0.3, -0.25) is 4.79 Å². The van der Waals surface area contributed by atoms with Gasteiger partial charge in [-0.05, 0) is 17.7 Å². The van der Waals surface area contributed by atoms with Crippen LogP contribution in [0.1, 0.15) is 17.5 Å². The van der Waals surface area contributed by atoms with E-state index in [1.54, 1.807) is 6.07 Å². The number of nitrogens with two attached hydrogens (primary N) is 2. The van der Waals surface area contributed by atoms with Crippen molar-refractivity contribution in [3.05, 3.63) is 35.1 Å². The standard InChI is InChI=1S/C11H11FN2O/c12-10-5-4-9(7-13)8(6-10)2-1-3-11(14)15/h4-6H,3,7,13H2,(H2,14,15). The lowest BCUT2D eigenvalue weighted by Gasteiger charge is -2.00. The summed E-state index contributed by atoms with van der Waals surface area (Å²) < 4.78 is 12.9. The van der Waals surface area contributed by atoms with Gasteiger partial charge in [-0.25, -0.2) is 4.39 Å². The van der Waals surface area contributed by atoms with Crippen LogP contribution in [0.25, 0.3) is 0 Å². The summed E-state index contributed by atoms with van der Waals surface area (Å²) in [5, 5.41) is 0. The molecule has 1 amide bonds. The first-order valence-corrected chi connectivity index (χ1v) is 4.39. The van der Waals surface area contributed by atoms with Crippen molar-refractivity contribution in [1.82, 2.24) is 0 Å². The molecule has 0 saturated carbocycles. The third-order valence-electron chi connectivity index (χ3n) is 1.78. The van der Waals surface area contributed by atoms with Gasteiger partial charge < -0.3 is 11.5 Å². The monoisotopic (exact) mass is 206 g/mol. The highest BCUT2D eigenvalue weighted by Gasteiger charge is 1.99. The predicted molar refractivity (Wildman–Crippen MR) is 55.0 cm³/mol. The Balaban J connectivity index is 2.94. The first-order chi connectivity index (χ1) is 7.13. The Bertz CT molecular complexity index is 432. The van der Waals surface area contributed by atoms with Gasteiger partial charge in [0.15, 0.2) is 0 Å². The lowest BCUT2D eigenvalue weighted by molar-refractivity contribution is -0.117. The molecule has 0 radical (unpaired) electrons. The Morgan fingerprint density at radius 2 is 2.20 bits per heavy atom. The summed E-state index contributed by atoms with van der Waals surface area (Å²) >= 11 is 0. The van der Waals surface area contributed by atoms with E-state index in [-0.39, 0.29) is 18.8 Å². The van der Waals surface area contributed by atoms with Gasteiger partial charge in [0.25, 0.3) is 0 Å². The first kappa shape index (κ1) is 11.2. The Morgan fingerprint density at radius 1 is 1.47 bits per heavy atom. The minimum Gasteiger partial charge on any atom is -0.369 e. The van der Waals surface area contributed by atoms with Gasteiger partial charge in [-0.1, -0.05) is 17.9 Å². The number of hydrogen-bond donors (Lipinski definition) is 2. The van der Waals surface area contributed by atoms with E-state index in [9.17, 15) is 9.18 Å². The molecule has 1 aromatic rings.